The van der Waals surface area contributed by atoms with Gasteiger partial charge in [-0.3, -0.25) is 4.79 Å². The number of carboxylic acids is 1. The van der Waals surface area contributed by atoms with E-state index in [0.29, 0.717) is 18.9 Å². The van der Waals surface area contributed by atoms with Gasteiger partial charge in [-0.15, -0.1) is 0 Å². The van der Waals surface area contributed by atoms with Gasteiger partial charge < -0.3 is 9.84 Å². The Bertz CT molecular complexity index is 511. The minimum Gasteiger partial charge on any atom is -0.481 e. The van der Waals surface area contributed by atoms with Gasteiger partial charge in [0.2, 0.25) is 0 Å². The number of rotatable bonds is 3. The van der Waals surface area contributed by atoms with Gasteiger partial charge in [0.05, 0.1) is 18.1 Å². The fourth-order valence-electron chi connectivity index (χ4n) is 3.86. The Kier molecular flexibility index (Phi) is 3.55. The summed E-state index contributed by atoms with van der Waals surface area (Å²) in [5.74, 6) is -0.140. The minimum absolute atomic E-state index is 0.0543. The molecular weight excluding hydrogens is 252 g/mol. The number of aliphatic carboxylic acids is 1. The molecule has 1 aliphatic heterocycles. The number of fused-ring (bicyclic) bond motifs is 1. The third kappa shape index (κ3) is 2.35. The Labute approximate surface area is 120 Å². The first-order valence-corrected chi connectivity index (χ1v) is 7.53. The molecule has 0 aromatic heterocycles. The molecule has 1 heterocycles. The summed E-state index contributed by atoms with van der Waals surface area (Å²) in [7, 11) is 0. The molecule has 3 rings (SSSR count). The first-order chi connectivity index (χ1) is 9.61. The highest BCUT2D eigenvalue weighted by Crippen LogP contribution is 2.49. The molecule has 1 aromatic carbocycles. The van der Waals surface area contributed by atoms with Crippen LogP contribution in [0.1, 0.15) is 49.8 Å². The molecule has 0 spiro atoms. The summed E-state index contributed by atoms with van der Waals surface area (Å²) >= 11 is 0. The first kappa shape index (κ1) is 13.6. The van der Waals surface area contributed by atoms with Crippen molar-refractivity contribution >= 4 is 5.97 Å². The molecule has 1 N–H and O–H groups in total. The van der Waals surface area contributed by atoms with Crippen molar-refractivity contribution < 1.29 is 14.6 Å². The van der Waals surface area contributed by atoms with Gasteiger partial charge in [-0.2, -0.15) is 0 Å². The van der Waals surface area contributed by atoms with Gasteiger partial charge in [-0.05, 0) is 49.1 Å². The molecule has 0 saturated heterocycles. The van der Waals surface area contributed by atoms with Crippen LogP contribution in [0.2, 0.25) is 0 Å². The van der Waals surface area contributed by atoms with Crippen molar-refractivity contribution in [3.05, 3.63) is 35.4 Å². The van der Waals surface area contributed by atoms with E-state index in [1.165, 1.54) is 11.1 Å². The first-order valence-electron chi connectivity index (χ1n) is 7.53. The smallest absolute Gasteiger partial charge is 0.309 e. The summed E-state index contributed by atoms with van der Waals surface area (Å²) in [6.45, 7) is 2.85. The Morgan fingerprint density at radius 3 is 2.95 bits per heavy atom. The number of ether oxygens (including phenoxy) is 1. The van der Waals surface area contributed by atoms with E-state index in [4.69, 9.17) is 4.74 Å². The maximum atomic E-state index is 11.8. The van der Waals surface area contributed by atoms with Crippen molar-refractivity contribution in [3.63, 3.8) is 0 Å². The summed E-state index contributed by atoms with van der Waals surface area (Å²) in [6, 6.07) is 8.29. The summed E-state index contributed by atoms with van der Waals surface area (Å²) in [6.07, 6.45) is 4.07. The molecule has 3 heteroatoms. The fraction of sp³-hybridized carbons (Fsp3) is 0.588. The van der Waals surface area contributed by atoms with Crippen LogP contribution in [0, 0.1) is 11.3 Å². The lowest BCUT2D eigenvalue weighted by Gasteiger charge is -2.33. The van der Waals surface area contributed by atoms with Gasteiger partial charge in [-0.25, -0.2) is 0 Å². The average molecular weight is 274 g/mol. The quantitative estimate of drug-likeness (QED) is 0.916. The SMILES string of the molecule is CC1CCC(CC2OCCc3ccccc32)(C(=O)O)C1. The van der Waals surface area contributed by atoms with Crippen LogP contribution in [0.5, 0.6) is 0 Å². The van der Waals surface area contributed by atoms with Crippen LogP contribution in [0.15, 0.2) is 24.3 Å². The van der Waals surface area contributed by atoms with Crippen LogP contribution in [-0.2, 0) is 16.0 Å². The Balaban J connectivity index is 1.86. The monoisotopic (exact) mass is 274 g/mol. The van der Waals surface area contributed by atoms with Crippen molar-refractivity contribution in [1.29, 1.82) is 0 Å². The number of carboxylic acid groups (broad SMARTS) is 1. The normalized spacial score (nSPS) is 32.9. The van der Waals surface area contributed by atoms with E-state index in [2.05, 4.69) is 19.1 Å². The van der Waals surface area contributed by atoms with Gasteiger partial charge >= 0.3 is 5.97 Å². The molecule has 0 bridgehead atoms. The lowest BCUT2D eigenvalue weighted by Crippen LogP contribution is -2.32. The van der Waals surface area contributed by atoms with Crippen LogP contribution >= 0.6 is 0 Å². The molecule has 3 nitrogen and oxygen atoms in total. The van der Waals surface area contributed by atoms with Gasteiger partial charge in [0.1, 0.15) is 0 Å². The van der Waals surface area contributed by atoms with Crippen LogP contribution in [-0.4, -0.2) is 17.7 Å². The molecule has 1 aromatic rings. The second kappa shape index (κ2) is 5.21. The van der Waals surface area contributed by atoms with Gasteiger partial charge in [-0.1, -0.05) is 31.2 Å². The molecule has 0 amide bonds. The average Bonchev–Trinajstić information content (AvgIpc) is 2.82. The summed E-state index contributed by atoms with van der Waals surface area (Å²) < 4.78 is 5.91. The van der Waals surface area contributed by atoms with E-state index >= 15 is 0 Å². The summed E-state index contributed by atoms with van der Waals surface area (Å²) in [5.41, 5.74) is 1.92. The number of carbonyl (C=O) groups is 1. The van der Waals surface area contributed by atoms with Crippen LogP contribution in [0.4, 0.5) is 0 Å². The van der Waals surface area contributed by atoms with Crippen LogP contribution in [0.3, 0.4) is 0 Å². The number of hydrogen-bond acceptors (Lipinski definition) is 2. The zero-order valence-electron chi connectivity index (χ0n) is 12.0. The van der Waals surface area contributed by atoms with Crippen molar-refractivity contribution in [2.75, 3.05) is 6.61 Å². The van der Waals surface area contributed by atoms with Crippen molar-refractivity contribution in [2.45, 2.75) is 45.1 Å². The van der Waals surface area contributed by atoms with E-state index in [9.17, 15) is 9.90 Å². The standard InChI is InChI=1S/C17H22O3/c1-12-6-8-17(10-12,16(18)19)11-15-14-5-3-2-4-13(14)7-9-20-15/h2-5,12,15H,6-11H2,1H3,(H,18,19). The van der Waals surface area contributed by atoms with Crippen LogP contribution < -0.4 is 0 Å². The maximum Gasteiger partial charge on any atom is 0.309 e. The van der Waals surface area contributed by atoms with Crippen molar-refractivity contribution in [1.82, 2.24) is 0 Å². The Hall–Kier alpha value is -1.35. The predicted octanol–water partition coefficient (Wildman–Crippen LogP) is 3.58. The van der Waals surface area contributed by atoms with E-state index < -0.39 is 11.4 Å². The lowest BCUT2D eigenvalue weighted by molar-refractivity contribution is -0.151. The molecule has 3 unspecified atom stereocenters. The lowest BCUT2D eigenvalue weighted by atomic mass is 9.77. The molecule has 108 valence electrons. The molecule has 0 radical (unpaired) electrons. The molecular formula is C17H22O3. The molecule has 1 saturated carbocycles. The largest absolute Gasteiger partial charge is 0.481 e. The zero-order chi connectivity index (χ0) is 14.2. The van der Waals surface area contributed by atoms with Gasteiger partial charge in [0, 0.05) is 0 Å². The van der Waals surface area contributed by atoms with Crippen molar-refractivity contribution in [3.8, 4) is 0 Å². The zero-order valence-corrected chi connectivity index (χ0v) is 12.0. The predicted molar refractivity (Wildman–Crippen MR) is 76.5 cm³/mol. The van der Waals surface area contributed by atoms with E-state index in [0.717, 1.165) is 25.7 Å². The number of benzene rings is 1. The molecule has 1 aliphatic carbocycles. The Morgan fingerprint density at radius 2 is 2.25 bits per heavy atom. The second-order valence-electron chi connectivity index (χ2n) is 6.45. The fourth-order valence-corrected chi connectivity index (χ4v) is 3.86. The number of hydrogen-bond donors (Lipinski definition) is 1. The highest BCUT2D eigenvalue weighted by atomic mass is 16.5. The van der Waals surface area contributed by atoms with E-state index in [1.54, 1.807) is 0 Å². The van der Waals surface area contributed by atoms with Gasteiger partial charge in [0.25, 0.3) is 0 Å². The molecule has 2 aliphatic rings. The summed E-state index contributed by atoms with van der Waals surface area (Å²) in [5, 5.41) is 9.70. The van der Waals surface area contributed by atoms with E-state index in [1.807, 2.05) is 12.1 Å². The maximum absolute atomic E-state index is 11.8. The van der Waals surface area contributed by atoms with Crippen molar-refractivity contribution in [2.24, 2.45) is 11.3 Å². The van der Waals surface area contributed by atoms with Crippen LogP contribution in [0.25, 0.3) is 0 Å². The third-order valence-electron chi connectivity index (χ3n) is 4.98. The van der Waals surface area contributed by atoms with Gasteiger partial charge in [0.15, 0.2) is 0 Å². The summed E-state index contributed by atoms with van der Waals surface area (Å²) in [4.78, 5) is 11.8. The van der Waals surface area contributed by atoms with E-state index in [-0.39, 0.29) is 6.10 Å². The second-order valence-corrected chi connectivity index (χ2v) is 6.45. The third-order valence-corrected chi connectivity index (χ3v) is 4.98. The Morgan fingerprint density at radius 1 is 1.45 bits per heavy atom. The molecule has 3 atom stereocenters. The highest BCUT2D eigenvalue weighted by molar-refractivity contribution is 5.75. The highest BCUT2D eigenvalue weighted by Gasteiger charge is 2.46. The molecule has 20 heavy (non-hydrogen) atoms. The molecule has 1 fully saturated rings. The topological polar surface area (TPSA) is 46.5 Å². The minimum atomic E-state index is -0.645.